The lowest BCUT2D eigenvalue weighted by Gasteiger charge is -2.07. The number of carboxylic acid groups (broad SMARTS) is 1. The van der Waals surface area contributed by atoms with E-state index < -0.39 is 5.97 Å². The number of aromatic hydroxyl groups is 1. The van der Waals surface area contributed by atoms with Crippen LogP contribution < -0.4 is 9.47 Å². The van der Waals surface area contributed by atoms with Crippen LogP contribution in [0.15, 0.2) is 41.4 Å². The Morgan fingerprint density at radius 1 is 1.09 bits per heavy atom. The molecule has 2 N–H and O–H groups in total. The summed E-state index contributed by atoms with van der Waals surface area (Å²) in [5, 5.41) is 18.4. The lowest BCUT2D eigenvalue weighted by Crippen LogP contribution is -1.96. The molecule has 22 heavy (non-hydrogen) atoms. The molecule has 0 saturated carbocycles. The third kappa shape index (κ3) is 3.35. The summed E-state index contributed by atoms with van der Waals surface area (Å²) in [5.41, 5.74) is 0.995. The molecular formula is C16H15NO5. The Bertz CT molecular complexity index is 724. The van der Waals surface area contributed by atoms with Crippen LogP contribution in [0.5, 0.6) is 17.2 Å². The van der Waals surface area contributed by atoms with Gasteiger partial charge in [0.15, 0.2) is 11.5 Å². The fraction of sp³-hybridized carbons (Fsp3) is 0.125. The van der Waals surface area contributed by atoms with Crippen molar-refractivity contribution in [2.24, 2.45) is 4.99 Å². The average molecular weight is 301 g/mol. The second-order valence-corrected chi connectivity index (χ2v) is 4.38. The van der Waals surface area contributed by atoms with E-state index >= 15 is 0 Å². The number of nitrogens with zero attached hydrogens (tertiary/aromatic N) is 1. The summed E-state index contributed by atoms with van der Waals surface area (Å²) >= 11 is 0. The van der Waals surface area contributed by atoms with Crippen LogP contribution in [0, 0.1) is 0 Å². The summed E-state index contributed by atoms with van der Waals surface area (Å²) in [6, 6.07) is 9.42. The van der Waals surface area contributed by atoms with Crippen molar-refractivity contribution in [1.29, 1.82) is 0 Å². The van der Waals surface area contributed by atoms with Crippen LogP contribution in [-0.2, 0) is 0 Å². The summed E-state index contributed by atoms with van der Waals surface area (Å²) in [6.07, 6.45) is 1.57. The Morgan fingerprint density at radius 2 is 1.82 bits per heavy atom. The van der Waals surface area contributed by atoms with Gasteiger partial charge in [0.05, 0.1) is 19.9 Å². The molecule has 0 saturated heterocycles. The number of rotatable bonds is 5. The van der Waals surface area contributed by atoms with Gasteiger partial charge in [0.1, 0.15) is 11.3 Å². The second kappa shape index (κ2) is 6.62. The summed E-state index contributed by atoms with van der Waals surface area (Å²) in [4.78, 5) is 15.2. The van der Waals surface area contributed by atoms with E-state index in [9.17, 15) is 9.90 Å². The van der Waals surface area contributed by atoms with E-state index in [4.69, 9.17) is 14.6 Å². The SMILES string of the molecule is COc1ccc(C=Nc2ccc(O)c(C(=O)O)c2)cc1OC. The van der Waals surface area contributed by atoms with Crippen molar-refractivity contribution in [2.75, 3.05) is 14.2 Å². The molecule has 0 aliphatic rings. The summed E-state index contributed by atoms with van der Waals surface area (Å²) in [5.74, 6) is -0.320. The van der Waals surface area contributed by atoms with Crippen LogP contribution in [0.1, 0.15) is 15.9 Å². The first-order valence-corrected chi connectivity index (χ1v) is 6.37. The van der Waals surface area contributed by atoms with Gasteiger partial charge in [0.25, 0.3) is 0 Å². The number of hydrogen-bond donors (Lipinski definition) is 2. The first kappa shape index (κ1) is 15.4. The molecule has 0 aliphatic heterocycles. The van der Waals surface area contributed by atoms with Gasteiger partial charge in [0.2, 0.25) is 0 Å². The Labute approximate surface area is 127 Å². The maximum Gasteiger partial charge on any atom is 0.339 e. The van der Waals surface area contributed by atoms with Gasteiger partial charge in [-0.3, -0.25) is 4.99 Å². The molecule has 2 aromatic rings. The molecule has 0 aliphatic carbocycles. The first-order valence-electron chi connectivity index (χ1n) is 6.37. The number of aliphatic imine (C=N–C) groups is 1. The predicted molar refractivity (Wildman–Crippen MR) is 81.9 cm³/mol. The van der Waals surface area contributed by atoms with Gasteiger partial charge in [-0.2, -0.15) is 0 Å². The third-order valence-corrected chi connectivity index (χ3v) is 2.98. The number of carboxylic acids is 1. The molecule has 6 nitrogen and oxygen atoms in total. The minimum atomic E-state index is -1.21. The molecule has 0 amide bonds. The number of hydrogen-bond acceptors (Lipinski definition) is 5. The monoisotopic (exact) mass is 301 g/mol. The zero-order valence-corrected chi connectivity index (χ0v) is 12.1. The van der Waals surface area contributed by atoms with Crippen molar-refractivity contribution < 1.29 is 24.5 Å². The first-order chi connectivity index (χ1) is 10.5. The second-order valence-electron chi connectivity index (χ2n) is 4.38. The van der Waals surface area contributed by atoms with E-state index in [1.165, 1.54) is 25.3 Å². The fourth-order valence-corrected chi connectivity index (χ4v) is 1.86. The third-order valence-electron chi connectivity index (χ3n) is 2.98. The van der Waals surface area contributed by atoms with Gasteiger partial charge in [-0.25, -0.2) is 4.79 Å². The molecule has 2 rings (SSSR count). The molecule has 0 spiro atoms. The van der Waals surface area contributed by atoms with Crippen LogP contribution in [0.4, 0.5) is 5.69 Å². The normalized spacial score (nSPS) is 10.6. The van der Waals surface area contributed by atoms with E-state index in [-0.39, 0.29) is 11.3 Å². The highest BCUT2D eigenvalue weighted by atomic mass is 16.5. The molecule has 0 atom stereocenters. The van der Waals surface area contributed by atoms with E-state index in [0.717, 1.165) is 5.56 Å². The van der Waals surface area contributed by atoms with Gasteiger partial charge in [-0.1, -0.05) is 0 Å². The molecule has 0 unspecified atom stereocenters. The topological polar surface area (TPSA) is 88.4 Å². The van der Waals surface area contributed by atoms with Crippen LogP contribution in [0.2, 0.25) is 0 Å². The summed E-state index contributed by atoms with van der Waals surface area (Å²) in [6.45, 7) is 0. The maximum atomic E-state index is 11.0. The van der Waals surface area contributed by atoms with Crippen molar-refractivity contribution >= 4 is 17.9 Å². The van der Waals surface area contributed by atoms with Gasteiger partial charge in [-0.05, 0) is 42.0 Å². The smallest absolute Gasteiger partial charge is 0.339 e. The summed E-state index contributed by atoms with van der Waals surface area (Å²) in [7, 11) is 3.09. The zero-order chi connectivity index (χ0) is 16.1. The molecule has 0 heterocycles. The standard InChI is InChI=1S/C16H15NO5/c1-21-14-6-3-10(7-15(14)22-2)9-17-11-4-5-13(18)12(8-11)16(19)20/h3-9,18H,1-2H3,(H,19,20). The highest BCUT2D eigenvalue weighted by molar-refractivity contribution is 5.92. The number of methoxy groups -OCH3 is 2. The molecule has 2 aromatic carbocycles. The van der Waals surface area contributed by atoms with Crippen LogP contribution in [0.3, 0.4) is 0 Å². The fourth-order valence-electron chi connectivity index (χ4n) is 1.86. The zero-order valence-electron chi connectivity index (χ0n) is 12.1. The number of ether oxygens (including phenoxy) is 2. The number of aromatic carboxylic acids is 1. The molecule has 0 fully saturated rings. The molecule has 0 aromatic heterocycles. The van der Waals surface area contributed by atoms with Gasteiger partial charge < -0.3 is 19.7 Å². The number of benzene rings is 2. The van der Waals surface area contributed by atoms with Crippen molar-refractivity contribution in [3.05, 3.63) is 47.5 Å². The van der Waals surface area contributed by atoms with Gasteiger partial charge in [-0.15, -0.1) is 0 Å². The quantitative estimate of drug-likeness (QED) is 0.829. The number of phenols is 1. The van der Waals surface area contributed by atoms with Crippen LogP contribution >= 0.6 is 0 Å². The van der Waals surface area contributed by atoms with E-state index in [0.29, 0.717) is 17.2 Å². The molecule has 6 heteroatoms. The molecule has 114 valence electrons. The minimum absolute atomic E-state index is 0.193. The Hall–Kier alpha value is -3.02. The Morgan fingerprint density at radius 3 is 2.45 bits per heavy atom. The lowest BCUT2D eigenvalue weighted by atomic mass is 10.1. The van der Waals surface area contributed by atoms with Gasteiger partial charge in [0, 0.05) is 6.21 Å². The minimum Gasteiger partial charge on any atom is -0.507 e. The van der Waals surface area contributed by atoms with Crippen LogP contribution in [0.25, 0.3) is 0 Å². The molecular weight excluding hydrogens is 286 g/mol. The van der Waals surface area contributed by atoms with E-state index in [1.807, 2.05) is 0 Å². The maximum absolute atomic E-state index is 11.0. The predicted octanol–water partition coefficient (Wildman–Crippen LogP) is 2.86. The largest absolute Gasteiger partial charge is 0.507 e. The van der Waals surface area contributed by atoms with Crippen molar-refractivity contribution in [2.45, 2.75) is 0 Å². The Balaban J connectivity index is 2.29. The van der Waals surface area contributed by atoms with Crippen molar-refractivity contribution in [3.8, 4) is 17.2 Å². The summed E-state index contributed by atoms with van der Waals surface area (Å²) < 4.78 is 10.3. The van der Waals surface area contributed by atoms with Crippen LogP contribution in [-0.4, -0.2) is 36.6 Å². The van der Waals surface area contributed by atoms with Crippen molar-refractivity contribution in [3.63, 3.8) is 0 Å². The average Bonchev–Trinajstić information content (AvgIpc) is 2.53. The highest BCUT2D eigenvalue weighted by Gasteiger charge is 2.09. The molecule has 0 bridgehead atoms. The lowest BCUT2D eigenvalue weighted by molar-refractivity contribution is 0.0694. The number of carbonyl (C=O) groups is 1. The van der Waals surface area contributed by atoms with E-state index in [2.05, 4.69) is 4.99 Å². The highest BCUT2D eigenvalue weighted by Crippen LogP contribution is 2.27. The van der Waals surface area contributed by atoms with Crippen molar-refractivity contribution in [1.82, 2.24) is 0 Å². The Kier molecular flexibility index (Phi) is 4.63. The molecule has 0 radical (unpaired) electrons. The van der Waals surface area contributed by atoms with E-state index in [1.54, 1.807) is 31.5 Å². The van der Waals surface area contributed by atoms with Gasteiger partial charge >= 0.3 is 5.97 Å².